The molecule has 0 unspecified atom stereocenters. The van der Waals surface area contributed by atoms with Crippen molar-refractivity contribution in [1.82, 2.24) is 25.6 Å². The summed E-state index contributed by atoms with van der Waals surface area (Å²) in [6.07, 6.45) is 1.16. The number of nitrogens with zero attached hydrogens (tertiary/aromatic N) is 3. The summed E-state index contributed by atoms with van der Waals surface area (Å²) in [5, 5.41) is 15.6. The Labute approximate surface area is 54.3 Å². The van der Waals surface area contributed by atoms with E-state index in [-0.39, 0.29) is 10.9 Å². The van der Waals surface area contributed by atoms with Gasteiger partial charge >= 0.3 is 0 Å². The van der Waals surface area contributed by atoms with E-state index < -0.39 is 0 Å². The van der Waals surface area contributed by atoms with Crippen molar-refractivity contribution in [2.75, 3.05) is 0 Å². The van der Waals surface area contributed by atoms with Gasteiger partial charge in [-0.2, -0.15) is 15.4 Å². The van der Waals surface area contributed by atoms with Crippen LogP contribution in [0.1, 0.15) is 0 Å². The van der Waals surface area contributed by atoms with Gasteiger partial charge in [0.05, 0.1) is 6.20 Å². The van der Waals surface area contributed by atoms with Gasteiger partial charge in [-0.05, 0) is 0 Å². The topological polar surface area (TPSA) is 87.3 Å². The van der Waals surface area contributed by atoms with Crippen LogP contribution in [0.4, 0.5) is 0 Å². The highest BCUT2D eigenvalue weighted by atomic mass is 16.1. The van der Waals surface area contributed by atoms with Crippen molar-refractivity contribution in [3.8, 4) is 0 Å². The minimum Gasteiger partial charge on any atom is -0.285 e. The van der Waals surface area contributed by atoms with Crippen molar-refractivity contribution in [3.05, 3.63) is 16.4 Å². The largest absolute Gasteiger partial charge is 0.285 e. The molecule has 0 bridgehead atoms. The lowest BCUT2D eigenvalue weighted by molar-refractivity contribution is 0.946. The van der Waals surface area contributed by atoms with Crippen molar-refractivity contribution in [3.63, 3.8) is 0 Å². The van der Waals surface area contributed by atoms with E-state index >= 15 is 0 Å². The van der Waals surface area contributed by atoms with Crippen molar-refractivity contribution < 1.29 is 0 Å². The Balaban J connectivity index is 3.09. The predicted molar refractivity (Wildman–Crippen MR) is 32.3 cm³/mol. The molecule has 6 heteroatoms. The van der Waals surface area contributed by atoms with Crippen LogP contribution in [0.2, 0.25) is 0 Å². The van der Waals surface area contributed by atoms with E-state index in [0.29, 0.717) is 5.65 Å². The smallest absolute Gasteiger partial charge is 0.229 e. The zero-order valence-electron chi connectivity index (χ0n) is 4.83. The Morgan fingerprint density at radius 2 is 2.30 bits per heavy atom. The lowest BCUT2D eigenvalue weighted by Crippen LogP contribution is -2.02. The van der Waals surface area contributed by atoms with E-state index in [1.807, 2.05) is 0 Å². The molecule has 0 saturated carbocycles. The summed E-state index contributed by atoms with van der Waals surface area (Å²) in [6.45, 7) is 0. The molecule has 2 aromatic heterocycles. The van der Waals surface area contributed by atoms with E-state index in [1.165, 1.54) is 0 Å². The molecule has 50 valence electrons. The quantitative estimate of drug-likeness (QED) is 0.489. The Bertz CT molecular complexity index is 401. The molecule has 0 aliphatic heterocycles. The third kappa shape index (κ3) is 0.524. The minimum atomic E-state index is -0.234. The standard InChI is InChI=1S/C4H3N5O/c10-2-1-5-7-4-3(2)6-9-8-4/h1H,(H2,6,7,8,9,10). The molecule has 0 saturated heterocycles. The first kappa shape index (κ1) is 5.10. The van der Waals surface area contributed by atoms with Crippen LogP contribution in [0.15, 0.2) is 11.0 Å². The van der Waals surface area contributed by atoms with E-state index in [0.717, 1.165) is 6.20 Å². The van der Waals surface area contributed by atoms with Gasteiger partial charge in [-0.15, -0.1) is 5.10 Å². The molecule has 2 N–H and O–H groups in total. The van der Waals surface area contributed by atoms with Crippen molar-refractivity contribution in [2.24, 2.45) is 0 Å². The number of aromatic amines is 2. The molecule has 2 rings (SSSR count). The number of aromatic nitrogens is 5. The highest BCUT2D eigenvalue weighted by Crippen LogP contribution is 1.91. The van der Waals surface area contributed by atoms with Crippen LogP contribution in [0.3, 0.4) is 0 Å². The first-order valence-electron chi connectivity index (χ1n) is 2.62. The maximum Gasteiger partial charge on any atom is 0.229 e. The molecule has 10 heavy (non-hydrogen) atoms. The van der Waals surface area contributed by atoms with Gasteiger partial charge in [0.1, 0.15) is 0 Å². The molecule has 0 spiro atoms. The number of H-pyrrole nitrogens is 2. The average molecular weight is 137 g/mol. The lowest BCUT2D eigenvalue weighted by Gasteiger charge is -1.79. The SMILES string of the molecule is O=c1cn[nH]c2n[nH]nc12. The second-order valence-electron chi connectivity index (χ2n) is 1.76. The zero-order chi connectivity index (χ0) is 6.97. The van der Waals surface area contributed by atoms with E-state index in [1.54, 1.807) is 0 Å². The third-order valence-corrected chi connectivity index (χ3v) is 1.13. The van der Waals surface area contributed by atoms with Gasteiger partial charge in [0.25, 0.3) is 0 Å². The summed E-state index contributed by atoms with van der Waals surface area (Å²) >= 11 is 0. The maximum absolute atomic E-state index is 10.8. The van der Waals surface area contributed by atoms with Gasteiger partial charge < -0.3 is 0 Å². The van der Waals surface area contributed by atoms with Crippen LogP contribution >= 0.6 is 0 Å². The summed E-state index contributed by atoms with van der Waals surface area (Å²) in [4.78, 5) is 10.8. The molecule has 0 amide bonds. The summed E-state index contributed by atoms with van der Waals surface area (Å²) in [5.74, 6) is 0. The number of hydrogen-bond acceptors (Lipinski definition) is 4. The molecule has 2 heterocycles. The normalized spacial score (nSPS) is 10.4. The van der Waals surface area contributed by atoms with Crippen LogP contribution in [-0.2, 0) is 0 Å². The Kier molecular flexibility index (Phi) is 0.830. The average Bonchev–Trinajstić information content (AvgIpc) is 2.36. The zero-order valence-corrected chi connectivity index (χ0v) is 4.83. The summed E-state index contributed by atoms with van der Waals surface area (Å²) in [6, 6.07) is 0. The molecule has 0 radical (unpaired) electrons. The van der Waals surface area contributed by atoms with Gasteiger partial charge in [0, 0.05) is 0 Å². The van der Waals surface area contributed by atoms with Gasteiger partial charge in [-0.1, -0.05) is 0 Å². The predicted octanol–water partition coefficient (Wildman–Crippen LogP) is -0.959. The van der Waals surface area contributed by atoms with Crippen molar-refractivity contribution in [1.29, 1.82) is 0 Å². The second kappa shape index (κ2) is 1.63. The van der Waals surface area contributed by atoms with Crippen LogP contribution in [0, 0.1) is 0 Å². The van der Waals surface area contributed by atoms with Crippen LogP contribution in [0.5, 0.6) is 0 Å². The first-order chi connectivity index (χ1) is 4.88. The molecule has 2 aromatic rings. The van der Waals surface area contributed by atoms with E-state index in [9.17, 15) is 4.79 Å². The number of hydrogen-bond donors (Lipinski definition) is 2. The molecular weight excluding hydrogens is 134 g/mol. The highest BCUT2D eigenvalue weighted by molar-refractivity contribution is 5.66. The van der Waals surface area contributed by atoms with Gasteiger partial charge in [-0.25, -0.2) is 0 Å². The van der Waals surface area contributed by atoms with Crippen molar-refractivity contribution >= 4 is 11.2 Å². The fraction of sp³-hybridized carbons (Fsp3) is 0. The first-order valence-corrected chi connectivity index (χ1v) is 2.62. The van der Waals surface area contributed by atoms with E-state index in [4.69, 9.17) is 0 Å². The fourth-order valence-electron chi connectivity index (χ4n) is 0.694. The Morgan fingerprint density at radius 1 is 1.40 bits per heavy atom. The summed E-state index contributed by atoms with van der Waals surface area (Å²) < 4.78 is 0. The molecule has 6 nitrogen and oxygen atoms in total. The van der Waals surface area contributed by atoms with Crippen LogP contribution in [0.25, 0.3) is 11.2 Å². The number of nitrogens with one attached hydrogen (secondary N) is 2. The summed E-state index contributed by atoms with van der Waals surface area (Å²) in [5.41, 5.74) is 0.435. The summed E-state index contributed by atoms with van der Waals surface area (Å²) in [7, 11) is 0. The highest BCUT2D eigenvalue weighted by Gasteiger charge is 1.99. The third-order valence-electron chi connectivity index (χ3n) is 1.13. The van der Waals surface area contributed by atoms with Crippen molar-refractivity contribution in [2.45, 2.75) is 0 Å². The molecular formula is C4H3N5O. The monoisotopic (exact) mass is 137 g/mol. The van der Waals surface area contributed by atoms with Gasteiger partial charge in [0.15, 0.2) is 11.2 Å². The molecule has 0 fully saturated rings. The second-order valence-corrected chi connectivity index (χ2v) is 1.76. The number of fused-ring (bicyclic) bond motifs is 1. The molecule has 0 aliphatic carbocycles. The van der Waals surface area contributed by atoms with Crippen LogP contribution in [-0.4, -0.2) is 25.6 Å². The maximum atomic E-state index is 10.8. The van der Waals surface area contributed by atoms with E-state index in [2.05, 4.69) is 25.6 Å². The Hall–Kier alpha value is -1.72. The van der Waals surface area contributed by atoms with Gasteiger partial charge in [-0.3, -0.25) is 9.89 Å². The molecule has 0 atom stereocenters. The molecule has 0 aliphatic rings. The Morgan fingerprint density at radius 3 is 3.10 bits per heavy atom. The fourth-order valence-corrected chi connectivity index (χ4v) is 0.694. The lowest BCUT2D eigenvalue weighted by atomic mass is 10.5. The van der Waals surface area contributed by atoms with Crippen LogP contribution < -0.4 is 5.43 Å². The minimum absolute atomic E-state index is 0.234. The van der Waals surface area contributed by atoms with Gasteiger partial charge in [0.2, 0.25) is 5.43 Å². The number of rotatable bonds is 0. The molecule has 0 aromatic carbocycles.